The Balaban J connectivity index is 2.21. The summed E-state index contributed by atoms with van der Waals surface area (Å²) in [6.45, 7) is 1.31. The van der Waals surface area contributed by atoms with Crippen LogP contribution in [0.4, 0.5) is 0 Å². The Labute approximate surface area is 125 Å². The van der Waals surface area contributed by atoms with Gasteiger partial charge in [-0.3, -0.25) is 9.59 Å². The van der Waals surface area contributed by atoms with E-state index in [-0.39, 0.29) is 22.5 Å². The molecule has 1 amide bonds. The third-order valence-electron chi connectivity index (χ3n) is 2.84. The number of nitrogens with zero attached hydrogens (tertiary/aromatic N) is 1. The van der Waals surface area contributed by atoms with Gasteiger partial charge in [-0.05, 0) is 25.0 Å². The maximum atomic E-state index is 11.9. The lowest BCUT2D eigenvalue weighted by molar-refractivity contribution is -0.119. The molecule has 0 unspecified atom stereocenters. The van der Waals surface area contributed by atoms with Gasteiger partial charge in [0.2, 0.25) is 5.91 Å². The number of ketones is 1. The van der Waals surface area contributed by atoms with Crippen molar-refractivity contribution in [3.63, 3.8) is 0 Å². The minimum absolute atomic E-state index is 0.00925. The van der Waals surface area contributed by atoms with Crippen molar-refractivity contribution in [2.75, 3.05) is 0 Å². The van der Waals surface area contributed by atoms with Crippen LogP contribution in [0.5, 0.6) is 0 Å². The van der Waals surface area contributed by atoms with Gasteiger partial charge in [-0.15, -0.1) is 0 Å². The van der Waals surface area contributed by atoms with Gasteiger partial charge in [0.15, 0.2) is 5.78 Å². The lowest BCUT2D eigenvalue weighted by Gasteiger charge is -2.07. The van der Waals surface area contributed by atoms with E-state index in [1.54, 1.807) is 6.07 Å². The fourth-order valence-corrected chi connectivity index (χ4v) is 3.22. The second kappa shape index (κ2) is 6.12. The molecule has 2 rings (SSSR count). The molecule has 0 aromatic heterocycles. The molecule has 0 saturated carbocycles. The second-order valence-corrected chi connectivity index (χ2v) is 5.88. The van der Waals surface area contributed by atoms with Crippen LogP contribution in [0, 0.1) is 11.3 Å². The van der Waals surface area contributed by atoms with Crippen LogP contribution >= 0.6 is 23.4 Å². The molecule has 1 N–H and O–H groups in total. The molecule has 0 bridgehead atoms. The summed E-state index contributed by atoms with van der Waals surface area (Å²) >= 11 is 7.27. The van der Waals surface area contributed by atoms with E-state index in [4.69, 9.17) is 16.9 Å². The summed E-state index contributed by atoms with van der Waals surface area (Å²) in [6, 6.07) is 9.12. The highest BCUT2D eigenvalue weighted by molar-refractivity contribution is 8.04. The summed E-state index contributed by atoms with van der Waals surface area (Å²) in [4.78, 5) is 23.2. The molecule has 1 aliphatic heterocycles. The van der Waals surface area contributed by atoms with Gasteiger partial charge in [0, 0.05) is 5.02 Å². The van der Waals surface area contributed by atoms with Gasteiger partial charge in [-0.25, -0.2) is 0 Å². The van der Waals surface area contributed by atoms with E-state index in [2.05, 4.69) is 5.32 Å². The molecule has 20 heavy (non-hydrogen) atoms. The van der Waals surface area contributed by atoms with E-state index < -0.39 is 0 Å². The zero-order chi connectivity index (χ0) is 14.7. The predicted octanol–water partition coefficient (Wildman–Crippen LogP) is 2.44. The molecule has 6 heteroatoms. The second-order valence-electron chi connectivity index (χ2n) is 4.26. The normalized spacial score (nSPS) is 20.2. The molecule has 0 aliphatic carbocycles. The van der Waals surface area contributed by atoms with Crippen molar-refractivity contribution in [3.05, 3.63) is 45.5 Å². The Morgan fingerprint density at radius 2 is 2.20 bits per heavy atom. The van der Waals surface area contributed by atoms with Crippen molar-refractivity contribution in [1.82, 2.24) is 5.32 Å². The van der Waals surface area contributed by atoms with Crippen molar-refractivity contribution in [2.45, 2.75) is 18.6 Å². The highest BCUT2D eigenvalue weighted by Gasteiger charge is 2.32. The van der Waals surface area contributed by atoms with Gasteiger partial charge in [0.25, 0.3) is 0 Å². The van der Waals surface area contributed by atoms with Crippen molar-refractivity contribution >= 4 is 35.1 Å². The first kappa shape index (κ1) is 14.6. The Bertz CT molecular complexity index is 649. The summed E-state index contributed by atoms with van der Waals surface area (Å²) in [6.07, 6.45) is 0.455. The first-order chi connectivity index (χ1) is 9.52. The molecule has 0 radical (unpaired) electrons. The molecule has 4 nitrogen and oxygen atoms in total. The molecule has 102 valence electrons. The molecule has 1 atom stereocenters. The number of nitriles is 1. The number of hydrogen-bond acceptors (Lipinski definition) is 4. The lowest BCUT2D eigenvalue weighted by atomic mass is 10.1. The first-order valence-corrected chi connectivity index (χ1v) is 7.15. The zero-order valence-electron chi connectivity index (χ0n) is 10.6. The van der Waals surface area contributed by atoms with Crippen LogP contribution < -0.4 is 5.32 Å². The number of allylic oxidation sites excluding steroid dienone is 1. The number of benzene rings is 1. The fraction of sp³-hybridized carbons (Fsp3) is 0.214. The van der Waals surface area contributed by atoms with Crippen LogP contribution in [0.1, 0.15) is 12.5 Å². The number of rotatable bonds is 3. The Kier molecular flexibility index (Phi) is 4.48. The van der Waals surface area contributed by atoms with E-state index in [1.807, 2.05) is 24.3 Å². The lowest BCUT2D eigenvalue weighted by Crippen LogP contribution is -2.24. The number of carbonyl (C=O) groups is 2. The molecule has 1 saturated heterocycles. The molecular formula is C14H11ClN2O2S. The summed E-state index contributed by atoms with van der Waals surface area (Å²) in [5, 5.41) is 12.1. The minimum atomic E-state index is -0.382. The molecular weight excluding hydrogens is 296 g/mol. The van der Waals surface area contributed by atoms with Crippen LogP contribution in [-0.2, 0) is 16.0 Å². The maximum absolute atomic E-state index is 11.9. The van der Waals surface area contributed by atoms with Crippen molar-refractivity contribution in [2.24, 2.45) is 0 Å². The van der Waals surface area contributed by atoms with Gasteiger partial charge < -0.3 is 5.32 Å². The maximum Gasteiger partial charge on any atom is 0.238 e. The van der Waals surface area contributed by atoms with Crippen LogP contribution in [0.3, 0.4) is 0 Å². The molecule has 1 aliphatic rings. The van der Waals surface area contributed by atoms with E-state index in [1.165, 1.54) is 18.7 Å². The van der Waals surface area contributed by atoms with Gasteiger partial charge in [0.1, 0.15) is 11.6 Å². The topological polar surface area (TPSA) is 70.0 Å². The van der Waals surface area contributed by atoms with Crippen molar-refractivity contribution < 1.29 is 9.59 Å². The zero-order valence-corrected chi connectivity index (χ0v) is 12.2. The van der Waals surface area contributed by atoms with Gasteiger partial charge in [-0.2, -0.15) is 5.26 Å². The highest BCUT2D eigenvalue weighted by Crippen LogP contribution is 2.33. The number of nitrogens with one attached hydrogen (secondary N) is 1. The summed E-state index contributed by atoms with van der Waals surface area (Å²) in [7, 11) is 0. The SMILES string of the molecule is CC(=O)/C(C#N)=C1\NC(=O)[C@H](Cc2ccccc2Cl)S1. The number of halogens is 1. The number of amides is 1. The molecule has 1 heterocycles. The number of thioether (sulfide) groups is 1. The fourth-order valence-electron chi connectivity index (χ4n) is 1.83. The van der Waals surface area contributed by atoms with E-state index in [0.717, 1.165) is 5.56 Å². The standard InChI is InChI=1S/C14H11ClN2O2S/c1-8(18)10(7-16)14-17-13(19)12(20-14)6-9-4-2-3-5-11(9)15/h2-5,12H,6H2,1H3,(H,17,19)/b14-10+/t12-/m0/s1. The number of hydrogen-bond donors (Lipinski definition) is 1. The molecule has 1 fully saturated rings. The molecule has 0 spiro atoms. The van der Waals surface area contributed by atoms with Crippen molar-refractivity contribution in [1.29, 1.82) is 5.26 Å². The predicted molar refractivity (Wildman–Crippen MR) is 78.0 cm³/mol. The smallest absolute Gasteiger partial charge is 0.238 e. The third kappa shape index (κ3) is 3.03. The third-order valence-corrected chi connectivity index (χ3v) is 4.42. The quantitative estimate of drug-likeness (QED) is 0.688. The summed E-state index contributed by atoms with van der Waals surface area (Å²) in [5.74, 6) is -0.562. The summed E-state index contributed by atoms with van der Waals surface area (Å²) < 4.78 is 0. The van der Waals surface area contributed by atoms with Crippen LogP contribution in [0.2, 0.25) is 5.02 Å². The monoisotopic (exact) mass is 306 g/mol. The van der Waals surface area contributed by atoms with Gasteiger partial charge in [-0.1, -0.05) is 41.6 Å². The van der Waals surface area contributed by atoms with Gasteiger partial charge in [0.05, 0.1) is 10.3 Å². The van der Waals surface area contributed by atoms with Crippen LogP contribution in [-0.4, -0.2) is 16.9 Å². The van der Waals surface area contributed by atoms with Gasteiger partial charge >= 0.3 is 0 Å². The number of carbonyl (C=O) groups excluding carboxylic acids is 2. The molecule has 1 aromatic rings. The van der Waals surface area contributed by atoms with Crippen LogP contribution in [0.15, 0.2) is 34.9 Å². The van der Waals surface area contributed by atoms with Crippen LogP contribution in [0.25, 0.3) is 0 Å². The number of Topliss-reactive ketones (excluding diaryl/α,β-unsaturated/α-hetero) is 1. The minimum Gasteiger partial charge on any atom is -0.318 e. The van der Waals surface area contributed by atoms with E-state index in [9.17, 15) is 9.59 Å². The Morgan fingerprint density at radius 3 is 2.80 bits per heavy atom. The molecule has 1 aromatic carbocycles. The average molecular weight is 307 g/mol. The highest BCUT2D eigenvalue weighted by atomic mass is 35.5. The first-order valence-electron chi connectivity index (χ1n) is 5.89. The summed E-state index contributed by atoms with van der Waals surface area (Å²) in [5.41, 5.74) is 0.856. The largest absolute Gasteiger partial charge is 0.318 e. The van der Waals surface area contributed by atoms with E-state index in [0.29, 0.717) is 16.5 Å². The Hall–Kier alpha value is -1.77. The Morgan fingerprint density at radius 1 is 1.50 bits per heavy atom. The van der Waals surface area contributed by atoms with Crippen molar-refractivity contribution in [3.8, 4) is 6.07 Å². The van der Waals surface area contributed by atoms with E-state index >= 15 is 0 Å². The average Bonchev–Trinajstić information content (AvgIpc) is 2.74.